The first-order chi connectivity index (χ1) is 9.38. The summed E-state index contributed by atoms with van der Waals surface area (Å²) in [6.07, 6.45) is 2.16. The molecule has 1 aliphatic heterocycles. The molecular formula is C13H7I2N3S. The van der Waals surface area contributed by atoms with Gasteiger partial charge in [0.25, 0.3) is 0 Å². The van der Waals surface area contributed by atoms with E-state index in [0.29, 0.717) is 0 Å². The lowest BCUT2D eigenvalue weighted by Gasteiger charge is -2.07. The van der Waals surface area contributed by atoms with E-state index in [1.165, 1.54) is 21.0 Å². The molecule has 2 heterocycles. The third-order valence-corrected chi connectivity index (χ3v) is 6.78. The Kier molecular flexibility index (Phi) is 4.24. The van der Waals surface area contributed by atoms with Gasteiger partial charge in [-0.05, 0) is 25.2 Å². The lowest BCUT2D eigenvalue weighted by atomic mass is 10.0. The van der Waals surface area contributed by atoms with E-state index >= 15 is 0 Å². The van der Waals surface area contributed by atoms with Crippen LogP contribution in [0.1, 0.15) is 16.8 Å². The van der Waals surface area contributed by atoms with Gasteiger partial charge >= 0.3 is 0 Å². The maximum absolute atomic E-state index is 8.61. The van der Waals surface area contributed by atoms with Gasteiger partial charge in [-0.2, -0.15) is 14.0 Å². The predicted molar refractivity (Wildman–Crippen MR) is 97.0 cm³/mol. The van der Waals surface area contributed by atoms with Crippen molar-refractivity contribution in [1.29, 1.82) is 5.26 Å². The lowest BCUT2D eigenvalue weighted by molar-refractivity contribution is 1.37. The molecule has 2 aromatic rings. The monoisotopic (exact) mass is 491 g/mol. The molecule has 3 rings (SSSR count). The molecule has 0 amide bonds. The van der Waals surface area contributed by atoms with Crippen LogP contribution in [0.3, 0.4) is 0 Å². The topological polar surface area (TPSA) is 49.6 Å². The van der Waals surface area contributed by atoms with E-state index in [9.17, 15) is 0 Å². The Bertz CT molecular complexity index is 736. The first-order valence-corrected chi connectivity index (χ1v) is 10.7. The number of halogens is 2. The molecule has 0 fully saturated rings. The number of rotatable bonds is 2. The van der Waals surface area contributed by atoms with Gasteiger partial charge in [0.1, 0.15) is 13.5 Å². The van der Waals surface area contributed by atoms with Crippen molar-refractivity contribution in [2.45, 2.75) is 0 Å². The highest BCUT2D eigenvalue weighted by Gasteiger charge is 2.15. The summed E-state index contributed by atoms with van der Waals surface area (Å²) < 4.78 is 16.4. The molecule has 6 heteroatoms. The Morgan fingerprint density at radius 2 is 2.11 bits per heavy atom. The molecule has 0 unspecified atom stereocenters. The molecule has 0 atom stereocenters. The van der Waals surface area contributed by atoms with E-state index < -0.39 is 20.7 Å². The summed E-state index contributed by atoms with van der Waals surface area (Å²) in [7, 11) is 0. The van der Waals surface area contributed by atoms with Crippen LogP contribution < -0.4 is 0 Å². The number of hydrogen-bond acceptors (Lipinski definition) is 4. The number of nitrogens with zero attached hydrogens (tertiary/aromatic N) is 3. The summed E-state index contributed by atoms with van der Waals surface area (Å²) >= 11 is 0.726. The molecule has 0 radical (unpaired) electrons. The maximum Gasteiger partial charge on any atom is 0.137 e. The number of fused-ring (bicyclic) bond motifs is 1. The number of hydrogen-bond donors (Lipinski definition) is 0. The smallest absolute Gasteiger partial charge is 0.137 e. The Hall–Kier alpha value is -0.790. The molecule has 19 heavy (non-hydrogen) atoms. The van der Waals surface area contributed by atoms with E-state index in [4.69, 9.17) is 5.26 Å². The van der Waals surface area contributed by atoms with Crippen molar-refractivity contribution in [3.8, 4) is 4.08 Å². The second kappa shape index (κ2) is 6.11. The minimum absolute atomic E-state index is 0.104. The van der Waals surface area contributed by atoms with Crippen LogP contribution in [0.4, 0.5) is 0 Å². The van der Waals surface area contributed by atoms with Gasteiger partial charge in [-0.25, -0.2) is 0 Å². The second-order valence-corrected chi connectivity index (χ2v) is 8.26. The van der Waals surface area contributed by atoms with Crippen molar-refractivity contribution in [1.82, 2.24) is 8.75 Å². The summed E-state index contributed by atoms with van der Waals surface area (Å²) in [4.78, 5) is 0. The molecule has 1 aromatic carbocycles. The standard InChI is InChI=1S/C13H7I2N3S/c16-8-14-7-9-1-3-10(4-2-9)11-5-6-15-13-12(11)17-19-18-13/h1-7H. The van der Waals surface area contributed by atoms with E-state index in [0.717, 1.165) is 16.8 Å². The molecule has 1 aliphatic rings. The molecule has 94 valence electrons. The summed E-state index contributed by atoms with van der Waals surface area (Å²) in [5.41, 5.74) is 4.52. The van der Waals surface area contributed by atoms with Crippen LogP contribution >= 0.6 is 53.2 Å². The van der Waals surface area contributed by atoms with Crippen molar-refractivity contribution in [2.75, 3.05) is 0 Å². The third kappa shape index (κ3) is 2.88. The average molecular weight is 491 g/mol. The minimum atomic E-state index is -0.468. The van der Waals surface area contributed by atoms with Gasteiger partial charge in [-0.3, -0.25) is 0 Å². The number of allylic oxidation sites excluding steroid dienone is 1. The van der Waals surface area contributed by atoms with Crippen LogP contribution in [0.25, 0.3) is 5.57 Å². The maximum atomic E-state index is 8.61. The van der Waals surface area contributed by atoms with Gasteiger partial charge in [-0.15, -0.1) is 0 Å². The van der Waals surface area contributed by atoms with E-state index in [2.05, 4.69) is 47.2 Å². The molecular weight excluding hydrogens is 484 g/mol. The van der Waals surface area contributed by atoms with Crippen molar-refractivity contribution < 1.29 is 0 Å². The fourth-order valence-corrected chi connectivity index (χ4v) is 5.47. The molecule has 3 nitrogen and oxygen atoms in total. The van der Waals surface area contributed by atoms with Gasteiger partial charge in [0.05, 0.1) is 11.7 Å². The normalized spacial score (nSPS) is 13.9. The molecule has 1 aromatic heterocycles. The highest BCUT2D eigenvalue weighted by atomic mass is 127. The lowest BCUT2D eigenvalue weighted by Crippen LogP contribution is -1.95. The van der Waals surface area contributed by atoms with Crippen molar-refractivity contribution in [2.24, 2.45) is 0 Å². The van der Waals surface area contributed by atoms with Crippen LogP contribution in [0, 0.1) is 13.0 Å². The summed E-state index contributed by atoms with van der Waals surface area (Å²) in [6, 6.07) is 8.32. The Morgan fingerprint density at radius 3 is 2.89 bits per heavy atom. The zero-order valence-corrected chi connectivity index (χ0v) is 14.7. The second-order valence-electron chi connectivity index (χ2n) is 3.64. The van der Waals surface area contributed by atoms with E-state index in [1.54, 1.807) is 0 Å². The highest BCUT2D eigenvalue weighted by Crippen LogP contribution is 2.30. The van der Waals surface area contributed by atoms with Crippen molar-refractivity contribution >= 4 is 66.8 Å². The highest BCUT2D eigenvalue weighted by molar-refractivity contribution is 14.2. The van der Waals surface area contributed by atoms with Crippen molar-refractivity contribution in [3.63, 3.8) is 0 Å². The van der Waals surface area contributed by atoms with Crippen LogP contribution in [0.2, 0.25) is 0 Å². The van der Waals surface area contributed by atoms with Crippen LogP contribution in [0.5, 0.6) is 0 Å². The molecule has 0 saturated carbocycles. The molecule has 0 saturated heterocycles. The van der Waals surface area contributed by atoms with Gasteiger partial charge < -0.3 is 0 Å². The van der Waals surface area contributed by atoms with Crippen molar-refractivity contribution in [3.05, 3.63) is 50.9 Å². The largest absolute Gasteiger partial charge is 0.187 e. The SMILES string of the molecule is N#CI=Cc1ccc(C2=CC=Ic3nsnc32)cc1. The number of benzene rings is 1. The Balaban J connectivity index is 1.96. The summed E-state index contributed by atoms with van der Waals surface area (Å²) in [5, 5.41) is 8.61. The molecule has 0 aliphatic carbocycles. The van der Waals surface area contributed by atoms with E-state index in [-0.39, 0.29) is 20.7 Å². The summed E-state index contributed by atoms with van der Waals surface area (Å²) in [6.45, 7) is 0. The number of aromatic nitrogens is 2. The van der Waals surface area contributed by atoms with Gasteiger partial charge in [0.2, 0.25) is 0 Å². The van der Waals surface area contributed by atoms with Crippen LogP contribution in [0.15, 0.2) is 30.3 Å². The number of nitriles is 1. The van der Waals surface area contributed by atoms with E-state index in [1.807, 2.05) is 4.01 Å². The predicted octanol–water partition coefficient (Wildman–Crippen LogP) is 3.53. The van der Waals surface area contributed by atoms with Crippen LogP contribution in [-0.2, 0) is 0 Å². The van der Waals surface area contributed by atoms with Gasteiger partial charge in [-0.1, -0.05) is 45.0 Å². The first kappa shape index (κ1) is 13.2. The Labute approximate surface area is 134 Å². The molecule has 0 spiro atoms. The zero-order valence-electron chi connectivity index (χ0n) is 9.55. The zero-order chi connectivity index (χ0) is 13.1. The minimum Gasteiger partial charge on any atom is -0.187 e. The fourth-order valence-electron chi connectivity index (χ4n) is 1.70. The first-order valence-electron chi connectivity index (χ1n) is 5.33. The van der Waals surface area contributed by atoms with Gasteiger partial charge in [0, 0.05) is 26.3 Å². The van der Waals surface area contributed by atoms with Gasteiger partial charge in [0.15, 0.2) is 0 Å². The third-order valence-electron chi connectivity index (χ3n) is 2.55. The molecule has 0 bridgehead atoms. The molecule has 0 N–H and O–H groups in total. The fraction of sp³-hybridized carbons (Fsp3) is 0. The Morgan fingerprint density at radius 1 is 1.26 bits per heavy atom. The summed E-state index contributed by atoms with van der Waals surface area (Å²) in [5.74, 6) is 0. The quantitative estimate of drug-likeness (QED) is 0.605. The van der Waals surface area contributed by atoms with Crippen LogP contribution in [-0.4, -0.2) is 16.8 Å². The average Bonchev–Trinajstić information content (AvgIpc) is 2.94.